The normalized spacial score (nSPS) is 23.2. The predicted molar refractivity (Wildman–Crippen MR) is 177 cm³/mol. The quantitative estimate of drug-likeness (QED) is 0.294. The number of nitrogens with zero attached hydrogens (tertiary/aromatic N) is 6. The van der Waals surface area contributed by atoms with E-state index in [9.17, 15) is 9.90 Å². The minimum Gasteiger partial charge on any atom is -0.498 e. The van der Waals surface area contributed by atoms with Gasteiger partial charge in [-0.15, -0.1) is 0 Å². The summed E-state index contributed by atoms with van der Waals surface area (Å²) in [7, 11) is 0. The number of aliphatic imine (C=N–C) groups is 1. The maximum Gasteiger partial charge on any atom is 0.355 e. The molecule has 1 aromatic carbocycles. The molecule has 1 saturated carbocycles. The lowest BCUT2D eigenvalue weighted by atomic mass is 10.1. The van der Waals surface area contributed by atoms with Gasteiger partial charge in [-0.05, 0) is 69.2 Å². The highest BCUT2D eigenvalue weighted by Crippen LogP contribution is 2.42. The van der Waals surface area contributed by atoms with Crippen LogP contribution in [0.15, 0.2) is 64.2 Å². The van der Waals surface area contributed by atoms with Gasteiger partial charge in [0, 0.05) is 49.0 Å². The van der Waals surface area contributed by atoms with Gasteiger partial charge in [-0.25, -0.2) is 23.1 Å². The molecule has 3 unspecified atom stereocenters. The molecule has 2 fully saturated rings. The Morgan fingerprint density at radius 2 is 1.98 bits per heavy atom. The summed E-state index contributed by atoms with van der Waals surface area (Å²) >= 11 is 0. The van der Waals surface area contributed by atoms with Crippen LogP contribution >= 0.6 is 0 Å². The molecule has 3 aliphatic rings. The molecule has 6 rings (SSSR count). The fourth-order valence-corrected chi connectivity index (χ4v) is 6.43. The van der Waals surface area contributed by atoms with Crippen LogP contribution in [0.1, 0.15) is 40.0 Å². The Labute approximate surface area is 266 Å². The van der Waals surface area contributed by atoms with Crippen LogP contribution in [0.3, 0.4) is 0 Å². The monoisotopic (exact) mass is 631 g/mol. The highest BCUT2D eigenvalue weighted by molar-refractivity contribution is 5.92. The number of nitrogens with one attached hydrogen (secondary N) is 1. The van der Waals surface area contributed by atoms with Crippen molar-refractivity contribution in [1.29, 1.82) is 0 Å². The van der Waals surface area contributed by atoms with Crippen molar-refractivity contribution in [3.63, 3.8) is 0 Å². The summed E-state index contributed by atoms with van der Waals surface area (Å²) in [6.45, 7) is 15.1. The maximum atomic E-state index is 16.2. The molecule has 1 saturated heterocycles. The second kappa shape index (κ2) is 12.8. The zero-order valence-electron chi connectivity index (χ0n) is 26.3. The van der Waals surface area contributed by atoms with Gasteiger partial charge in [0.1, 0.15) is 29.4 Å². The third-order valence-electron chi connectivity index (χ3n) is 8.79. The van der Waals surface area contributed by atoms with E-state index in [4.69, 9.17) is 9.72 Å². The average Bonchev–Trinajstić information content (AvgIpc) is 3.83. The van der Waals surface area contributed by atoms with E-state index in [1.165, 1.54) is 28.8 Å². The topological polar surface area (TPSA) is 108 Å². The van der Waals surface area contributed by atoms with Crippen molar-refractivity contribution < 1.29 is 18.6 Å². The molecular formula is C34H39F2N7O3. The van der Waals surface area contributed by atoms with Crippen molar-refractivity contribution in [1.82, 2.24) is 19.4 Å². The molecule has 0 amide bonds. The number of allylic oxidation sites excluding steroid dienone is 4. The summed E-state index contributed by atoms with van der Waals surface area (Å²) in [6.07, 6.45) is 4.66. The van der Waals surface area contributed by atoms with Gasteiger partial charge in [0.25, 0.3) is 0 Å². The summed E-state index contributed by atoms with van der Waals surface area (Å²) in [5, 5.41) is 14.0. The highest BCUT2D eigenvalue weighted by Gasteiger charge is 2.51. The van der Waals surface area contributed by atoms with Gasteiger partial charge in [-0.1, -0.05) is 20.4 Å². The number of ether oxygens (including phenoxy) is 1. The minimum atomic E-state index is -0.789. The second-order valence-corrected chi connectivity index (χ2v) is 12.2. The Morgan fingerprint density at radius 3 is 2.72 bits per heavy atom. The van der Waals surface area contributed by atoms with Gasteiger partial charge < -0.3 is 20.1 Å². The number of pyridine rings is 1. The lowest BCUT2D eigenvalue weighted by Gasteiger charge is -2.36. The summed E-state index contributed by atoms with van der Waals surface area (Å²) in [4.78, 5) is 31.7. The number of rotatable bonds is 5. The molecule has 3 aromatic rings. The van der Waals surface area contributed by atoms with Gasteiger partial charge in [0.05, 0.1) is 29.1 Å². The molecular weight excluding hydrogens is 592 g/mol. The van der Waals surface area contributed by atoms with E-state index in [0.29, 0.717) is 49.1 Å². The SMILES string of the molecule is C=CC(O)N1CCN(c2nc(=O)n3c4nc(c(F)cc24)-c2cc(ccc2F)NCCCCO/C(C)=C/C3=C(\N=C)C(C)C)C2CC21. The average molecular weight is 632 g/mol. The number of aliphatic hydroxyl groups is 1. The number of piperazine rings is 1. The van der Waals surface area contributed by atoms with Crippen molar-refractivity contribution >= 4 is 35.0 Å². The Bertz CT molecular complexity index is 1820. The highest BCUT2D eigenvalue weighted by atomic mass is 19.1. The van der Waals surface area contributed by atoms with Crippen LogP contribution in [0.4, 0.5) is 20.3 Å². The number of anilines is 2. The molecule has 3 atom stereocenters. The zero-order chi connectivity index (χ0) is 32.7. The molecule has 12 heteroatoms. The third kappa shape index (κ3) is 5.82. The van der Waals surface area contributed by atoms with Crippen LogP contribution in [0.2, 0.25) is 0 Å². The van der Waals surface area contributed by atoms with Gasteiger partial charge in [-0.2, -0.15) is 4.98 Å². The number of hydrogen-bond donors (Lipinski definition) is 2. The third-order valence-corrected chi connectivity index (χ3v) is 8.79. The first-order valence-corrected chi connectivity index (χ1v) is 15.6. The predicted octanol–water partition coefficient (Wildman–Crippen LogP) is 5.16. The van der Waals surface area contributed by atoms with Crippen molar-refractivity contribution in [2.24, 2.45) is 10.9 Å². The second-order valence-electron chi connectivity index (χ2n) is 12.2. The maximum absolute atomic E-state index is 16.2. The van der Waals surface area contributed by atoms with Crippen LogP contribution in [0, 0.1) is 17.6 Å². The lowest BCUT2D eigenvalue weighted by Crippen LogP contribution is -2.50. The molecule has 2 aromatic heterocycles. The molecule has 2 aliphatic heterocycles. The first-order chi connectivity index (χ1) is 22.1. The summed E-state index contributed by atoms with van der Waals surface area (Å²) in [5.74, 6) is -0.738. The summed E-state index contributed by atoms with van der Waals surface area (Å²) in [5.41, 5.74) is 0.624. The van der Waals surface area contributed by atoms with E-state index in [2.05, 4.69) is 28.6 Å². The summed E-state index contributed by atoms with van der Waals surface area (Å²) < 4.78 is 38.9. The molecule has 4 bridgehead atoms. The van der Waals surface area contributed by atoms with Gasteiger partial charge in [0.15, 0.2) is 5.65 Å². The van der Waals surface area contributed by atoms with Crippen molar-refractivity contribution in [3.05, 3.63) is 76.6 Å². The molecule has 46 heavy (non-hydrogen) atoms. The number of halogens is 2. The van der Waals surface area contributed by atoms with E-state index in [-0.39, 0.29) is 46.1 Å². The van der Waals surface area contributed by atoms with E-state index in [0.717, 1.165) is 19.3 Å². The van der Waals surface area contributed by atoms with Gasteiger partial charge in [-0.3, -0.25) is 9.89 Å². The Balaban J connectivity index is 1.64. The first kappa shape index (κ1) is 31.6. The number of benzene rings is 1. The summed E-state index contributed by atoms with van der Waals surface area (Å²) in [6, 6.07) is 5.67. The van der Waals surface area contributed by atoms with Crippen molar-refractivity contribution in [2.75, 3.05) is 36.5 Å². The molecule has 242 valence electrons. The van der Waals surface area contributed by atoms with E-state index < -0.39 is 23.6 Å². The number of fused-ring (bicyclic) bond motifs is 5. The first-order valence-electron chi connectivity index (χ1n) is 15.6. The number of hydrogen-bond acceptors (Lipinski definition) is 9. The lowest BCUT2D eigenvalue weighted by molar-refractivity contribution is 0.0295. The van der Waals surface area contributed by atoms with Crippen LogP contribution in [0.25, 0.3) is 28.0 Å². The smallest absolute Gasteiger partial charge is 0.355 e. The van der Waals surface area contributed by atoms with Crippen LogP contribution in [-0.2, 0) is 4.74 Å². The fraction of sp³-hybridized carbons (Fsp3) is 0.412. The van der Waals surface area contributed by atoms with Crippen LogP contribution in [0.5, 0.6) is 0 Å². The Morgan fingerprint density at radius 1 is 1.17 bits per heavy atom. The van der Waals surface area contributed by atoms with Gasteiger partial charge in [0.2, 0.25) is 0 Å². The number of aliphatic hydroxyl groups excluding tert-OH is 1. The van der Waals surface area contributed by atoms with Crippen LogP contribution in [-0.4, -0.2) is 75.8 Å². The van der Waals surface area contributed by atoms with Crippen molar-refractivity contribution in [3.8, 4) is 11.3 Å². The van der Waals surface area contributed by atoms with Gasteiger partial charge >= 0.3 is 5.69 Å². The Kier molecular flexibility index (Phi) is 8.75. The van der Waals surface area contributed by atoms with Crippen molar-refractivity contribution in [2.45, 2.75) is 58.3 Å². The zero-order valence-corrected chi connectivity index (χ0v) is 26.3. The standard InChI is InChI=1S/C34H39F2N7O3/c1-6-29(44)41-12-13-42(27-18-26(27)41)32-23-17-25(36)31-22-16-21(9-10-24(22)35)38-11-7-8-14-46-20(4)15-28(30(37-5)19(2)3)43(33(23)39-31)34(45)40-32/h6,9-10,15-17,19,26-27,29,38,44H,1,5,7-8,11-14,18H2,2-4H3/b20-15+,30-28+. The fourth-order valence-electron chi connectivity index (χ4n) is 6.43. The largest absolute Gasteiger partial charge is 0.498 e. The molecule has 2 N–H and O–H groups in total. The van der Waals surface area contributed by atoms with E-state index in [1.54, 1.807) is 19.1 Å². The van der Waals surface area contributed by atoms with Crippen LogP contribution < -0.4 is 15.9 Å². The molecule has 1 aliphatic carbocycles. The molecule has 4 heterocycles. The van der Waals surface area contributed by atoms with E-state index in [1.807, 2.05) is 23.6 Å². The molecule has 0 spiro atoms. The Hall–Kier alpha value is -4.42. The minimum absolute atomic E-state index is 0.0247. The number of aromatic nitrogens is 3. The molecule has 0 radical (unpaired) electrons. The van der Waals surface area contributed by atoms with E-state index >= 15 is 8.78 Å². The molecule has 10 nitrogen and oxygen atoms in total.